The fourth-order valence-corrected chi connectivity index (χ4v) is 3.74. The highest BCUT2D eigenvalue weighted by molar-refractivity contribution is 5.77. The minimum Gasteiger partial charge on any atom is -0.497 e. The van der Waals surface area contributed by atoms with Gasteiger partial charge in [0.15, 0.2) is 0 Å². The summed E-state index contributed by atoms with van der Waals surface area (Å²) in [5.74, 6) is 1.93. The third-order valence-electron chi connectivity index (χ3n) is 5.28. The summed E-state index contributed by atoms with van der Waals surface area (Å²) in [6, 6.07) is 13.0. The monoisotopic (exact) mass is 422 g/mol. The predicted molar refractivity (Wildman–Crippen MR) is 117 cm³/mol. The van der Waals surface area contributed by atoms with Crippen LogP contribution in [-0.4, -0.2) is 47.1 Å². The van der Waals surface area contributed by atoms with Crippen molar-refractivity contribution in [2.45, 2.75) is 32.5 Å². The lowest BCUT2D eigenvalue weighted by Gasteiger charge is -2.21. The molecular formula is C23H26N4O4. The van der Waals surface area contributed by atoms with Gasteiger partial charge < -0.3 is 19.8 Å². The molecule has 0 bridgehead atoms. The highest BCUT2D eigenvalue weighted by Crippen LogP contribution is 2.29. The van der Waals surface area contributed by atoms with Crippen LogP contribution in [0.5, 0.6) is 11.5 Å². The van der Waals surface area contributed by atoms with Gasteiger partial charge in [-0.1, -0.05) is 18.2 Å². The van der Waals surface area contributed by atoms with Crippen LogP contribution in [0.2, 0.25) is 0 Å². The lowest BCUT2D eigenvalue weighted by Crippen LogP contribution is -2.34. The van der Waals surface area contributed by atoms with Gasteiger partial charge in [0.2, 0.25) is 5.91 Å². The second kappa shape index (κ2) is 9.18. The number of hydrogen-bond donors (Lipinski definition) is 2. The molecule has 4 rings (SSSR count). The average Bonchev–Trinajstić information content (AvgIpc) is 2.93. The number of aromatic nitrogens is 2. The van der Waals surface area contributed by atoms with Crippen molar-refractivity contribution in [3.05, 3.63) is 64.2 Å². The lowest BCUT2D eigenvalue weighted by molar-refractivity contribution is -0.121. The summed E-state index contributed by atoms with van der Waals surface area (Å²) in [5.41, 5.74) is 1.48. The van der Waals surface area contributed by atoms with Crippen LogP contribution in [0.3, 0.4) is 0 Å². The van der Waals surface area contributed by atoms with Crippen LogP contribution >= 0.6 is 0 Å². The number of rotatable bonds is 6. The number of H-pyrrole nitrogens is 1. The number of nitrogens with zero attached hydrogens (tertiary/aromatic N) is 2. The zero-order valence-corrected chi connectivity index (χ0v) is 17.7. The van der Waals surface area contributed by atoms with Crippen LogP contribution in [0.4, 0.5) is 0 Å². The van der Waals surface area contributed by atoms with E-state index in [4.69, 9.17) is 9.47 Å². The fraction of sp³-hybridized carbons (Fsp3) is 0.348. The van der Waals surface area contributed by atoms with Gasteiger partial charge in [0.1, 0.15) is 23.4 Å². The number of hydrogen-bond acceptors (Lipinski definition) is 6. The Balaban J connectivity index is 1.33. The molecule has 1 atom stereocenters. The van der Waals surface area contributed by atoms with E-state index in [9.17, 15) is 9.59 Å². The molecule has 2 aromatic carbocycles. The molecular weight excluding hydrogens is 396 g/mol. The van der Waals surface area contributed by atoms with Crippen molar-refractivity contribution in [1.82, 2.24) is 20.2 Å². The largest absolute Gasteiger partial charge is 0.497 e. The second-order valence-electron chi connectivity index (χ2n) is 7.69. The van der Waals surface area contributed by atoms with Crippen LogP contribution < -0.4 is 20.3 Å². The molecule has 0 unspecified atom stereocenters. The molecule has 1 amide bonds. The van der Waals surface area contributed by atoms with Crippen molar-refractivity contribution in [3.8, 4) is 11.5 Å². The Morgan fingerprint density at radius 3 is 3.00 bits per heavy atom. The molecule has 2 heterocycles. The van der Waals surface area contributed by atoms with E-state index in [1.165, 1.54) is 0 Å². The lowest BCUT2D eigenvalue weighted by atomic mass is 10.1. The van der Waals surface area contributed by atoms with E-state index in [1.807, 2.05) is 31.2 Å². The Labute approximate surface area is 180 Å². The molecule has 0 radical (unpaired) electrons. The molecule has 0 saturated carbocycles. The van der Waals surface area contributed by atoms with Crippen molar-refractivity contribution in [3.63, 3.8) is 0 Å². The number of para-hydroxylation sites is 1. The number of carbonyl (C=O) groups is 1. The highest BCUT2D eigenvalue weighted by atomic mass is 16.5. The van der Waals surface area contributed by atoms with E-state index in [1.54, 1.807) is 25.3 Å². The zero-order chi connectivity index (χ0) is 21.8. The number of carbonyl (C=O) groups excluding carboxylic acids is 1. The normalized spacial score (nSPS) is 16.3. The molecule has 0 spiro atoms. The zero-order valence-electron chi connectivity index (χ0n) is 17.7. The van der Waals surface area contributed by atoms with E-state index >= 15 is 0 Å². The summed E-state index contributed by atoms with van der Waals surface area (Å²) >= 11 is 0. The summed E-state index contributed by atoms with van der Waals surface area (Å²) < 4.78 is 11.3. The Morgan fingerprint density at radius 1 is 1.32 bits per heavy atom. The predicted octanol–water partition coefficient (Wildman–Crippen LogP) is 2.22. The van der Waals surface area contributed by atoms with E-state index in [-0.39, 0.29) is 24.1 Å². The van der Waals surface area contributed by atoms with Gasteiger partial charge in [-0.3, -0.25) is 14.5 Å². The Bertz CT molecular complexity index is 1140. The smallest absolute Gasteiger partial charge is 0.258 e. The topological polar surface area (TPSA) is 96.6 Å². The average molecular weight is 422 g/mol. The number of methoxy groups -OCH3 is 1. The van der Waals surface area contributed by atoms with Crippen LogP contribution in [0.25, 0.3) is 10.9 Å². The first kappa shape index (κ1) is 20.9. The molecule has 8 nitrogen and oxygen atoms in total. The maximum absolute atomic E-state index is 12.4. The molecule has 1 aliphatic rings. The maximum atomic E-state index is 12.4. The van der Waals surface area contributed by atoms with Gasteiger partial charge in [-0.2, -0.15) is 0 Å². The minimum atomic E-state index is -0.205. The molecule has 1 aromatic heterocycles. The van der Waals surface area contributed by atoms with Crippen molar-refractivity contribution in [1.29, 1.82) is 0 Å². The number of fused-ring (bicyclic) bond motifs is 2. The molecule has 1 aliphatic heterocycles. The first-order valence-corrected chi connectivity index (χ1v) is 10.3. The fourth-order valence-electron chi connectivity index (χ4n) is 3.74. The Morgan fingerprint density at radius 2 is 2.16 bits per heavy atom. The SMILES string of the molecule is COc1ccc2c(c1)O[C@H](C)CN(CCC(=O)NCc1nc3ccccc3c(=O)[nH]1)C2. The van der Waals surface area contributed by atoms with Crippen LogP contribution in [-0.2, 0) is 17.9 Å². The Kier molecular flexibility index (Phi) is 6.18. The van der Waals surface area contributed by atoms with Crippen LogP contribution in [0.1, 0.15) is 24.7 Å². The highest BCUT2D eigenvalue weighted by Gasteiger charge is 2.21. The number of amides is 1. The summed E-state index contributed by atoms with van der Waals surface area (Å²) in [4.78, 5) is 33.9. The third-order valence-corrected chi connectivity index (χ3v) is 5.28. The van der Waals surface area contributed by atoms with E-state index in [2.05, 4.69) is 20.2 Å². The van der Waals surface area contributed by atoms with Crippen LogP contribution in [0.15, 0.2) is 47.3 Å². The number of nitrogens with one attached hydrogen (secondary N) is 2. The van der Waals surface area contributed by atoms with Gasteiger partial charge in [-0.25, -0.2) is 4.98 Å². The van der Waals surface area contributed by atoms with Crippen molar-refractivity contribution in [2.75, 3.05) is 20.2 Å². The van der Waals surface area contributed by atoms with Gasteiger partial charge in [0, 0.05) is 37.7 Å². The molecule has 31 heavy (non-hydrogen) atoms. The summed E-state index contributed by atoms with van der Waals surface area (Å²) in [6.07, 6.45) is 0.346. The Hall–Kier alpha value is -3.39. The third kappa shape index (κ3) is 5.03. The van der Waals surface area contributed by atoms with E-state index in [0.717, 1.165) is 23.6 Å². The molecule has 0 aliphatic carbocycles. The molecule has 3 aromatic rings. The maximum Gasteiger partial charge on any atom is 0.258 e. The van der Waals surface area contributed by atoms with E-state index < -0.39 is 0 Å². The van der Waals surface area contributed by atoms with Crippen molar-refractivity contribution >= 4 is 16.8 Å². The number of aromatic amines is 1. The van der Waals surface area contributed by atoms with Gasteiger partial charge in [-0.15, -0.1) is 0 Å². The van der Waals surface area contributed by atoms with Crippen molar-refractivity contribution < 1.29 is 14.3 Å². The summed E-state index contributed by atoms with van der Waals surface area (Å²) in [5, 5.41) is 3.38. The quantitative estimate of drug-likeness (QED) is 0.632. The summed E-state index contributed by atoms with van der Waals surface area (Å²) in [7, 11) is 1.63. The molecule has 8 heteroatoms. The molecule has 0 fully saturated rings. The van der Waals surface area contributed by atoms with Gasteiger partial charge >= 0.3 is 0 Å². The standard InChI is InChI=1S/C23H26N4O4/c1-15-13-27(14-16-7-8-17(30-2)11-20(16)31-15)10-9-22(28)24-12-21-25-19-6-4-3-5-18(19)23(29)26-21/h3-8,11,15H,9-10,12-14H2,1-2H3,(H,24,28)(H,25,26,29)/t15-/m1/s1. The van der Waals surface area contributed by atoms with E-state index in [0.29, 0.717) is 36.2 Å². The number of benzene rings is 2. The van der Waals surface area contributed by atoms with Gasteiger partial charge in [0.05, 0.1) is 24.6 Å². The molecule has 0 saturated heterocycles. The minimum absolute atomic E-state index is 0.00305. The first-order chi connectivity index (χ1) is 15.0. The van der Waals surface area contributed by atoms with Gasteiger partial charge in [-0.05, 0) is 25.1 Å². The van der Waals surface area contributed by atoms with Crippen molar-refractivity contribution in [2.24, 2.45) is 0 Å². The number of ether oxygens (including phenoxy) is 2. The molecule has 2 N–H and O–H groups in total. The van der Waals surface area contributed by atoms with Crippen LogP contribution in [0, 0.1) is 0 Å². The first-order valence-electron chi connectivity index (χ1n) is 10.3. The van der Waals surface area contributed by atoms with Gasteiger partial charge in [0.25, 0.3) is 5.56 Å². The molecule has 162 valence electrons. The summed E-state index contributed by atoms with van der Waals surface area (Å²) in [6.45, 7) is 4.23. The second-order valence-corrected chi connectivity index (χ2v) is 7.69.